The fourth-order valence-corrected chi connectivity index (χ4v) is 2.72. The van der Waals surface area contributed by atoms with Gasteiger partial charge in [-0.25, -0.2) is 0 Å². The van der Waals surface area contributed by atoms with Crippen LogP contribution in [0.1, 0.15) is 38.2 Å². The van der Waals surface area contributed by atoms with Gasteiger partial charge in [0.1, 0.15) is 5.78 Å². The summed E-state index contributed by atoms with van der Waals surface area (Å²) < 4.78 is 0. The van der Waals surface area contributed by atoms with Crippen LogP contribution in [0, 0.1) is 0 Å². The Morgan fingerprint density at radius 1 is 1.27 bits per heavy atom. The molecule has 1 fully saturated rings. The van der Waals surface area contributed by atoms with Crippen molar-refractivity contribution in [3.8, 4) is 0 Å². The Labute approximate surface area is 95.4 Å². The monoisotopic (exact) mass is 222 g/mol. The molecular weight excluding hydrogens is 208 g/mol. The second-order valence-electron chi connectivity index (χ2n) is 4.44. The number of ketones is 1. The first-order valence-corrected chi connectivity index (χ1v) is 5.81. The van der Waals surface area contributed by atoms with E-state index < -0.39 is 0 Å². The number of rotatable bonds is 1. The molecule has 1 nitrogen and oxygen atoms in total. The fraction of sp³-hybridized carbons (Fsp3) is 0.462. The molecule has 80 valence electrons. The molecule has 2 rings (SSSR count). The second-order valence-corrected chi connectivity index (χ2v) is 4.85. The lowest BCUT2D eigenvalue weighted by Crippen LogP contribution is -2.35. The van der Waals surface area contributed by atoms with E-state index in [4.69, 9.17) is 11.6 Å². The molecule has 1 aliphatic carbocycles. The van der Waals surface area contributed by atoms with Gasteiger partial charge in [-0.2, -0.15) is 0 Å². The Balaban J connectivity index is 2.44. The number of hydrogen-bond acceptors (Lipinski definition) is 1. The molecule has 0 amide bonds. The maximum atomic E-state index is 12.0. The molecule has 1 aliphatic rings. The predicted molar refractivity (Wildman–Crippen MR) is 62.3 cm³/mol. The smallest absolute Gasteiger partial charge is 0.143 e. The molecule has 0 radical (unpaired) electrons. The highest BCUT2D eigenvalue weighted by Crippen LogP contribution is 2.39. The van der Waals surface area contributed by atoms with Gasteiger partial charge in [0.25, 0.3) is 0 Å². The Hall–Kier alpha value is -0.820. The average Bonchev–Trinajstić information content (AvgIpc) is 2.23. The van der Waals surface area contributed by atoms with E-state index in [0.29, 0.717) is 12.2 Å². The van der Waals surface area contributed by atoms with E-state index in [-0.39, 0.29) is 5.41 Å². The maximum absolute atomic E-state index is 12.0. The molecule has 1 aromatic rings. The standard InChI is InChI=1S/C13H15ClO/c1-13(9-5-4-8-12(13)15)10-6-2-3-7-11(10)14/h2-3,6-7H,4-5,8-9H2,1H3/t13-/m0/s1. The van der Waals surface area contributed by atoms with Gasteiger partial charge in [-0.05, 0) is 31.4 Å². The van der Waals surface area contributed by atoms with Gasteiger partial charge in [-0.15, -0.1) is 0 Å². The molecule has 0 heterocycles. The van der Waals surface area contributed by atoms with Crippen molar-refractivity contribution in [1.29, 1.82) is 0 Å². The summed E-state index contributed by atoms with van der Waals surface area (Å²) in [5, 5.41) is 0.718. The SMILES string of the molecule is C[C@@]1(c2ccccc2Cl)CCCCC1=O. The van der Waals surface area contributed by atoms with Crippen molar-refractivity contribution in [3.05, 3.63) is 34.9 Å². The topological polar surface area (TPSA) is 17.1 Å². The number of hydrogen-bond donors (Lipinski definition) is 0. The van der Waals surface area contributed by atoms with Gasteiger partial charge in [0, 0.05) is 11.4 Å². The Bertz CT molecular complexity index is 386. The first-order chi connectivity index (χ1) is 7.14. The Morgan fingerprint density at radius 2 is 2.00 bits per heavy atom. The highest BCUT2D eigenvalue weighted by molar-refractivity contribution is 6.31. The summed E-state index contributed by atoms with van der Waals surface area (Å²) in [4.78, 5) is 12.0. The van der Waals surface area contributed by atoms with Gasteiger partial charge in [0.05, 0.1) is 5.41 Å². The predicted octanol–water partition coefficient (Wildman–Crippen LogP) is 3.74. The van der Waals surface area contributed by atoms with E-state index in [1.807, 2.05) is 31.2 Å². The number of carbonyl (C=O) groups excluding carboxylic acids is 1. The zero-order chi connectivity index (χ0) is 10.9. The highest BCUT2D eigenvalue weighted by Gasteiger charge is 2.37. The van der Waals surface area contributed by atoms with Crippen LogP contribution >= 0.6 is 11.6 Å². The molecule has 0 aliphatic heterocycles. The van der Waals surface area contributed by atoms with Crippen LogP contribution in [0.25, 0.3) is 0 Å². The lowest BCUT2D eigenvalue weighted by Gasteiger charge is -2.33. The van der Waals surface area contributed by atoms with E-state index in [1.165, 1.54) is 0 Å². The zero-order valence-corrected chi connectivity index (χ0v) is 9.68. The summed E-state index contributed by atoms with van der Waals surface area (Å²) in [5.74, 6) is 0.335. The third kappa shape index (κ3) is 1.81. The van der Waals surface area contributed by atoms with Crippen molar-refractivity contribution in [2.24, 2.45) is 0 Å². The quantitative estimate of drug-likeness (QED) is 0.708. The van der Waals surface area contributed by atoms with Gasteiger partial charge in [0.15, 0.2) is 0 Å². The van der Waals surface area contributed by atoms with Crippen LogP contribution in [0.5, 0.6) is 0 Å². The third-order valence-electron chi connectivity index (χ3n) is 3.41. The molecule has 2 heteroatoms. The molecule has 1 aromatic carbocycles. The molecule has 15 heavy (non-hydrogen) atoms. The molecule has 0 N–H and O–H groups in total. The summed E-state index contributed by atoms with van der Waals surface area (Å²) >= 11 is 6.16. The second kappa shape index (κ2) is 3.97. The van der Waals surface area contributed by atoms with Crippen molar-refractivity contribution in [3.63, 3.8) is 0 Å². The van der Waals surface area contributed by atoms with Crippen LogP contribution in [0.4, 0.5) is 0 Å². The Kier molecular flexibility index (Phi) is 2.83. The first-order valence-electron chi connectivity index (χ1n) is 5.43. The number of carbonyl (C=O) groups is 1. The van der Waals surface area contributed by atoms with Gasteiger partial charge >= 0.3 is 0 Å². The summed E-state index contributed by atoms with van der Waals surface area (Å²) in [6, 6.07) is 7.70. The summed E-state index contributed by atoms with van der Waals surface area (Å²) in [7, 11) is 0. The molecule has 1 saturated carbocycles. The van der Waals surface area contributed by atoms with Crippen LogP contribution < -0.4 is 0 Å². The minimum atomic E-state index is -0.351. The van der Waals surface area contributed by atoms with E-state index in [9.17, 15) is 4.79 Å². The minimum Gasteiger partial charge on any atom is -0.299 e. The zero-order valence-electron chi connectivity index (χ0n) is 8.92. The number of halogens is 1. The largest absolute Gasteiger partial charge is 0.299 e. The van der Waals surface area contributed by atoms with Gasteiger partial charge in [0.2, 0.25) is 0 Å². The fourth-order valence-electron chi connectivity index (χ4n) is 2.37. The molecule has 0 bridgehead atoms. The molecule has 0 spiro atoms. The Morgan fingerprint density at radius 3 is 2.67 bits per heavy atom. The van der Waals surface area contributed by atoms with Crippen LogP contribution in [-0.4, -0.2) is 5.78 Å². The molecule has 0 saturated heterocycles. The van der Waals surface area contributed by atoms with Crippen molar-refractivity contribution in [2.45, 2.75) is 38.0 Å². The van der Waals surface area contributed by atoms with E-state index >= 15 is 0 Å². The van der Waals surface area contributed by atoms with Gasteiger partial charge in [-0.1, -0.05) is 36.2 Å². The average molecular weight is 223 g/mol. The van der Waals surface area contributed by atoms with Crippen LogP contribution in [0.3, 0.4) is 0 Å². The first kappa shape index (κ1) is 10.7. The van der Waals surface area contributed by atoms with Crippen molar-refractivity contribution < 1.29 is 4.79 Å². The van der Waals surface area contributed by atoms with Crippen molar-refractivity contribution in [2.75, 3.05) is 0 Å². The van der Waals surface area contributed by atoms with Crippen molar-refractivity contribution in [1.82, 2.24) is 0 Å². The lowest BCUT2D eigenvalue weighted by molar-refractivity contribution is -0.125. The number of Topliss-reactive ketones (excluding diaryl/α,β-unsaturated/α-hetero) is 1. The summed E-state index contributed by atoms with van der Waals surface area (Å²) in [6.45, 7) is 2.02. The molecule has 1 atom stereocenters. The third-order valence-corrected chi connectivity index (χ3v) is 3.74. The highest BCUT2D eigenvalue weighted by atomic mass is 35.5. The van der Waals surface area contributed by atoms with Crippen LogP contribution in [-0.2, 0) is 10.2 Å². The van der Waals surface area contributed by atoms with Gasteiger partial charge in [-0.3, -0.25) is 4.79 Å². The molecule has 0 aromatic heterocycles. The van der Waals surface area contributed by atoms with E-state index in [0.717, 1.165) is 29.8 Å². The lowest BCUT2D eigenvalue weighted by atomic mass is 9.70. The minimum absolute atomic E-state index is 0.335. The summed E-state index contributed by atoms with van der Waals surface area (Å²) in [6.07, 6.45) is 3.77. The van der Waals surface area contributed by atoms with Crippen LogP contribution in [0.15, 0.2) is 24.3 Å². The van der Waals surface area contributed by atoms with Gasteiger partial charge < -0.3 is 0 Å². The molecule has 0 unspecified atom stereocenters. The summed E-state index contributed by atoms with van der Waals surface area (Å²) in [5.41, 5.74) is 0.646. The van der Waals surface area contributed by atoms with Crippen LogP contribution in [0.2, 0.25) is 5.02 Å². The van der Waals surface area contributed by atoms with E-state index in [1.54, 1.807) is 0 Å². The molecular formula is C13H15ClO. The van der Waals surface area contributed by atoms with E-state index in [2.05, 4.69) is 0 Å². The normalized spacial score (nSPS) is 26.7. The number of benzene rings is 1. The van der Waals surface area contributed by atoms with Crippen molar-refractivity contribution >= 4 is 17.4 Å². The maximum Gasteiger partial charge on any atom is 0.143 e.